The maximum atomic E-state index is 14.1. The van der Waals surface area contributed by atoms with Gasteiger partial charge in [0.2, 0.25) is 11.8 Å². The van der Waals surface area contributed by atoms with Crippen LogP contribution in [-0.2, 0) is 16.1 Å². The van der Waals surface area contributed by atoms with Crippen LogP contribution >= 0.6 is 0 Å². The van der Waals surface area contributed by atoms with Crippen LogP contribution in [0.1, 0.15) is 18.9 Å². The Hall–Kier alpha value is -2.70. The van der Waals surface area contributed by atoms with Crippen LogP contribution in [0.2, 0.25) is 0 Å². The maximum Gasteiger partial charge on any atom is 0.227 e. The molecule has 2 amide bonds. The highest BCUT2D eigenvalue weighted by Crippen LogP contribution is 2.28. The van der Waals surface area contributed by atoms with Crippen molar-refractivity contribution in [3.8, 4) is 0 Å². The number of halogens is 1. The van der Waals surface area contributed by atoms with Crippen LogP contribution in [-0.4, -0.2) is 34.2 Å². The van der Waals surface area contributed by atoms with Crippen molar-refractivity contribution >= 4 is 17.5 Å². The minimum Gasteiger partial charge on any atom is -0.351 e. The smallest absolute Gasteiger partial charge is 0.227 e. The van der Waals surface area contributed by atoms with E-state index in [1.807, 2.05) is 19.2 Å². The zero-order valence-electron chi connectivity index (χ0n) is 14.3. The predicted molar refractivity (Wildman–Crippen MR) is 91.4 cm³/mol. The fourth-order valence-electron chi connectivity index (χ4n) is 3.04. The van der Waals surface area contributed by atoms with Crippen molar-refractivity contribution < 1.29 is 14.0 Å². The highest BCUT2D eigenvalue weighted by molar-refractivity contribution is 6.00. The normalized spacial score (nSPS) is 18.4. The summed E-state index contributed by atoms with van der Waals surface area (Å²) < 4.78 is 15.9. The number of nitrogens with one attached hydrogen (secondary N) is 1. The summed E-state index contributed by atoms with van der Waals surface area (Å²) in [6.45, 7) is 4.42. The van der Waals surface area contributed by atoms with Gasteiger partial charge in [-0.2, -0.15) is 5.10 Å². The number of anilines is 1. The molecule has 6 nitrogen and oxygen atoms in total. The van der Waals surface area contributed by atoms with E-state index in [0.29, 0.717) is 6.54 Å². The van der Waals surface area contributed by atoms with Crippen LogP contribution in [0.25, 0.3) is 0 Å². The largest absolute Gasteiger partial charge is 0.351 e. The topological polar surface area (TPSA) is 67.2 Å². The number of amides is 2. The number of hydrogen-bond donors (Lipinski definition) is 1. The quantitative estimate of drug-likeness (QED) is 0.901. The second-order valence-electron chi connectivity index (χ2n) is 6.50. The zero-order chi connectivity index (χ0) is 18.0. The zero-order valence-corrected chi connectivity index (χ0v) is 14.3. The number of nitrogens with zero attached hydrogens (tertiary/aromatic N) is 3. The lowest BCUT2D eigenvalue weighted by Crippen LogP contribution is -2.40. The van der Waals surface area contributed by atoms with E-state index in [9.17, 15) is 14.0 Å². The summed E-state index contributed by atoms with van der Waals surface area (Å²) in [6.07, 6.45) is 3.59. The predicted octanol–water partition coefficient (Wildman–Crippen LogP) is 1.89. The molecule has 1 saturated heterocycles. The van der Waals surface area contributed by atoms with Gasteiger partial charge in [-0.15, -0.1) is 0 Å². The summed E-state index contributed by atoms with van der Waals surface area (Å²) in [6, 6.07) is 6.43. The van der Waals surface area contributed by atoms with Crippen molar-refractivity contribution in [1.29, 1.82) is 0 Å². The van der Waals surface area contributed by atoms with Crippen molar-refractivity contribution in [2.24, 2.45) is 5.92 Å². The van der Waals surface area contributed by atoms with Gasteiger partial charge in [0.15, 0.2) is 0 Å². The second-order valence-corrected chi connectivity index (χ2v) is 6.50. The first-order chi connectivity index (χ1) is 11.9. The SMILES string of the molecule is Cc1ccc(N2C[C@H](C(=O)N[C@@H](C)Cn3cccn3)CC2=O)c(F)c1. The van der Waals surface area contributed by atoms with Crippen molar-refractivity contribution in [2.75, 3.05) is 11.4 Å². The minimum atomic E-state index is -0.478. The molecule has 1 aromatic carbocycles. The Balaban J connectivity index is 1.62. The standard InChI is InChI=1S/C18H21FN4O2/c1-12-4-5-16(15(19)8-12)23-11-14(9-17(23)24)18(25)21-13(2)10-22-7-3-6-20-22/h3-8,13-14H,9-11H2,1-2H3,(H,21,25)/t13-,14+/m0/s1. The van der Waals surface area contributed by atoms with Crippen LogP contribution < -0.4 is 10.2 Å². The molecule has 1 aromatic heterocycles. The number of hydrogen-bond acceptors (Lipinski definition) is 3. The van der Waals surface area contributed by atoms with E-state index in [0.717, 1.165) is 5.56 Å². The second kappa shape index (κ2) is 7.04. The van der Waals surface area contributed by atoms with Crippen molar-refractivity contribution in [2.45, 2.75) is 32.9 Å². The fourth-order valence-corrected chi connectivity index (χ4v) is 3.04. The lowest BCUT2D eigenvalue weighted by Gasteiger charge is -2.19. The number of carbonyl (C=O) groups excluding carboxylic acids is 2. The number of benzene rings is 1. The molecule has 1 N–H and O–H groups in total. The fraction of sp³-hybridized carbons (Fsp3) is 0.389. The lowest BCUT2D eigenvalue weighted by atomic mass is 10.1. The summed E-state index contributed by atoms with van der Waals surface area (Å²) in [4.78, 5) is 26.0. The number of aryl methyl sites for hydroxylation is 1. The van der Waals surface area contributed by atoms with E-state index in [2.05, 4.69) is 10.4 Å². The molecule has 0 aliphatic carbocycles. The number of carbonyl (C=O) groups is 2. The van der Waals surface area contributed by atoms with E-state index in [-0.39, 0.29) is 36.5 Å². The summed E-state index contributed by atoms with van der Waals surface area (Å²) in [5.74, 6) is -1.35. The van der Waals surface area contributed by atoms with Gasteiger partial charge in [0, 0.05) is 31.4 Å². The van der Waals surface area contributed by atoms with E-state index in [1.54, 1.807) is 29.9 Å². The first-order valence-electron chi connectivity index (χ1n) is 8.28. The molecule has 0 unspecified atom stereocenters. The Morgan fingerprint density at radius 1 is 1.48 bits per heavy atom. The van der Waals surface area contributed by atoms with Crippen LogP contribution in [0.15, 0.2) is 36.7 Å². The van der Waals surface area contributed by atoms with Gasteiger partial charge in [-0.25, -0.2) is 4.39 Å². The van der Waals surface area contributed by atoms with Crippen molar-refractivity contribution in [3.63, 3.8) is 0 Å². The van der Waals surface area contributed by atoms with Gasteiger partial charge < -0.3 is 10.2 Å². The third-order valence-electron chi connectivity index (χ3n) is 4.30. The molecule has 0 bridgehead atoms. The molecule has 0 radical (unpaired) electrons. The van der Waals surface area contributed by atoms with Crippen LogP contribution in [0.5, 0.6) is 0 Å². The lowest BCUT2D eigenvalue weighted by molar-refractivity contribution is -0.126. The third-order valence-corrected chi connectivity index (χ3v) is 4.30. The average molecular weight is 344 g/mol. The van der Waals surface area contributed by atoms with Gasteiger partial charge in [0.25, 0.3) is 0 Å². The average Bonchev–Trinajstić information content (AvgIpc) is 3.17. The molecule has 2 atom stereocenters. The van der Waals surface area contributed by atoms with E-state index in [1.165, 1.54) is 11.0 Å². The van der Waals surface area contributed by atoms with Crippen molar-refractivity contribution in [3.05, 3.63) is 48.0 Å². The molecule has 1 fully saturated rings. The molecule has 1 aliphatic rings. The van der Waals surface area contributed by atoms with Gasteiger partial charge in [-0.1, -0.05) is 6.07 Å². The van der Waals surface area contributed by atoms with Crippen LogP contribution in [0, 0.1) is 18.7 Å². The minimum absolute atomic E-state index is 0.0909. The Bertz CT molecular complexity index is 775. The molecule has 2 heterocycles. The van der Waals surface area contributed by atoms with Crippen LogP contribution in [0.4, 0.5) is 10.1 Å². The van der Waals surface area contributed by atoms with E-state index < -0.39 is 11.7 Å². The summed E-state index contributed by atoms with van der Waals surface area (Å²) >= 11 is 0. The van der Waals surface area contributed by atoms with Gasteiger partial charge in [0.05, 0.1) is 18.2 Å². The first-order valence-corrected chi connectivity index (χ1v) is 8.28. The first kappa shape index (κ1) is 17.1. The molecule has 0 saturated carbocycles. The molecular weight excluding hydrogens is 323 g/mol. The molecular formula is C18H21FN4O2. The third kappa shape index (κ3) is 3.87. The van der Waals surface area contributed by atoms with Gasteiger partial charge >= 0.3 is 0 Å². The molecule has 7 heteroatoms. The molecule has 2 aromatic rings. The number of rotatable bonds is 5. The van der Waals surface area contributed by atoms with Crippen molar-refractivity contribution in [1.82, 2.24) is 15.1 Å². The molecule has 1 aliphatic heterocycles. The molecule has 25 heavy (non-hydrogen) atoms. The van der Waals surface area contributed by atoms with Gasteiger partial charge in [0.1, 0.15) is 5.82 Å². The summed E-state index contributed by atoms with van der Waals surface area (Å²) in [5, 5.41) is 7.01. The van der Waals surface area contributed by atoms with Crippen LogP contribution in [0.3, 0.4) is 0 Å². The van der Waals surface area contributed by atoms with Gasteiger partial charge in [-0.05, 0) is 37.6 Å². The number of aromatic nitrogens is 2. The maximum absolute atomic E-state index is 14.1. The Labute approximate surface area is 145 Å². The van der Waals surface area contributed by atoms with E-state index in [4.69, 9.17) is 0 Å². The van der Waals surface area contributed by atoms with E-state index >= 15 is 0 Å². The Morgan fingerprint density at radius 3 is 2.96 bits per heavy atom. The Kier molecular flexibility index (Phi) is 4.83. The summed E-state index contributed by atoms with van der Waals surface area (Å²) in [7, 11) is 0. The Morgan fingerprint density at radius 2 is 2.28 bits per heavy atom. The molecule has 132 valence electrons. The monoisotopic (exact) mass is 344 g/mol. The molecule has 0 spiro atoms. The highest BCUT2D eigenvalue weighted by atomic mass is 19.1. The van der Waals surface area contributed by atoms with Gasteiger partial charge in [-0.3, -0.25) is 14.3 Å². The summed E-state index contributed by atoms with van der Waals surface area (Å²) in [5.41, 5.74) is 1.02. The highest BCUT2D eigenvalue weighted by Gasteiger charge is 2.36. The molecule has 3 rings (SSSR count).